The summed E-state index contributed by atoms with van der Waals surface area (Å²) in [6, 6.07) is 0. The summed E-state index contributed by atoms with van der Waals surface area (Å²) < 4.78 is 0. The average Bonchev–Trinajstić information content (AvgIpc) is 2.52. The van der Waals surface area contributed by atoms with Crippen molar-refractivity contribution in [1.29, 1.82) is 0 Å². The van der Waals surface area contributed by atoms with Gasteiger partial charge in [0.2, 0.25) is 0 Å². The van der Waals surface area contributed by atoms with Crippen molar-refractivity contribution in [1.82, 2.24) is 4.98 Å². The van der Waals surface area contributed by atoms with Gasteiger partial charge in [-0.1, -0.05) is 6.58 Å². The Kier molecular flexibility index (Phi) is 3.45. The average molecular weight is 217 g/mol. The molecular weight excluding hydrogens is 208 g/mol. The predicted octanol–water partition coefficient (Wildman–Crippen LogP) is 2.40. The van der Waals surface area contributed by atoms with Gasteiger partial charge in [-0.15, -0.1) is 22.9 Å². The molecule has 0 unspecified atom stereocenters. The molecule has 0 aliphatic carbocycles. The van der Waals surface area contributed by atoms with Gasteiger partial charge in [-0.2, -0.15) is 0 Å². The Labute approximate surface area is 85.4 Å². The highest BCUT2D eigenvalue weighted by molar-refractivity contribution is 7.14. The van der Waals surface area contributed by atoms with Gasteiger partial charge in [-0.05, 0) is 6.92 Å². The van der Waals surface area contributed by atoms with Crippen LogP contribution >= 0.6 is 22.9 Å². The molecule has 0 atom stereocenters. The lowest BCUT2D eigenvalue weighted by atomic mass is 10.3. The zero-order valence-electron chi connectivity index (χ0n) is 7.13. The number of nitrogens with one attached hydrogen (secondary N) is 1. The van der Waals surface area contributed by atoms with Crippen molar-refractivity contribution in [3.8, 4) is 0 Å². The van der Waals surface area contributed by atoms with Crippen molar-refractivity contribution in [2.24, 2.45) is 0 Å². The third-order valence-corrected chi connectivity index (χ3v) is 2.38. The number of alkyl halides is 1. The number of hydrogen-bond donors (Lipinski definition) is 1. The van der Waals surface area contributed by atoms with Gasteiger partial charge in [0.1, 0.15) is 0 Å². The van der Waals surface area contributed by atoms with Crippen molar-refractivity contribution in [2.45, 2.75) is 12.8 Å². The lowest BCUT2D eigenvalue weighted by molar-refractivity contribution is -0.112. The molecule has 0 aliphatic heterocycles. The van der Waals surface area contributed by atoms with E-state index < -0.39 is 0 Å². The molecule has 1 aromatic heterocycles. The van der Waals surface area contributed by atoms with Crippen LogP contribution in [0.25, 0.3) is 0 Å². The number of rotatable bonds is 3. The molecule has 0 spiro atoms. The molecule has 0 bridgehead atoms. The van der Waals surface area contributed by atoms with E-state index >= 15 is 0 Å². The fourth-order valence-corrected chi connectivity index (χ4v) is 1.56. The molecule has 0 radical (unpaired) electrons. The largest absolute Gasteiger partial charge is 0.298 e. The zero-order valence-corrected chi connectivity index (χ0v) is 8.71. The monoisotopic (exact) mass is 216 g/mol. The van der Waals surface area contributed by atoms with Crippen molar-refractivity contribution >= 4 is 34.0 Å². The molecule has 1 aromatic rings. The molecule has 1 heterocycles. The molecule has 0 aliphatic rings. The van der Waals surface area contributed by atoms with E-state index in [0.29, 0.717) is 16.6 Å². The highest BCUT2D eigenvalue weighted by Crippen LogP contribution is 2.16. The van der Waals surface area contributed by atoms with Crippen LogP contribution in [0, 0.1) is 0 Å². The van der Waals surface area contributed by atoms with E-state index in [9.17, 15) is 4.79 Å². The van der Waals surface area contributed by atoms with E-state index in [1.165, 1.54) is 11.3 Å². The van der Waals surface area contributed by atoms with E-state index in [4.69, 9.17) is 11.6 Å². The summed E-state index contributed by atoms with van der Waals surface area (Å²) in [5.41, 5.74) is 1.23. The SMILES string of the molecule is C=C(C)C(=O)Nc1nc(CCl)cs1. The molecule has 1 N–H and O–H groups in total. The molecule has 5 heteroatoms. The first-order valence-electron chi connectivity index (χ1n) is 3.60. The van der Waals surface area contributed by atoms with Crippen LogP contribution in [-0.2, 0) is 10.7 Å². The number of aromatic nitrogens is 1. The number of nitrogens with zero attached hydrogens (tertiary/aromatic N) is 1. The molecule has 1 amide bonds. The molecule has 0 fully saturated rings. The number of thiazole rings is 1. The van der Waals surface area contributed by atoms with Crippen LogP contribution in [0.1, 0.15) is 12.6 Å². The zero-order chi connectivity index (χ0) is 9.84. The molecule has 0 saturated heterocycles. The molecule has 3 nitrogen and oxygen atoms in total. The highest BCUT2D eigenvalue weighted by atomic mass is 35.5. The van der Waals surface area contributed by atoms with Crippen LogP contribution in [0.4, 0.5) is 5.13 Å². The van der Waals surface area contributed by atoms with Gasteiger partial charge in [0.15, 0.2) is 5.13 Å². The molecule has 1 rings (SSSR count). The number of halogens is 1. The van der Waals surface area contributed by atoms with Crippen LogP contribution < -0.4 is 5.32 Å². The maximum absolute atomic E-state index is 11.1. The molecule has 13 heavy (non-hydrogen) atoms. The summed E-state index contributed by atoms with van der Waals surface area (Å²) >= 11 is 6.90. The van der Waals surface area contributed by atoms with Crippen LogP contribution in [0.2, 0.25) is 0 Å². The van der Waals surface area contributed by atoms with Gasteiger partial charge in [0, 0.05) is 11.0 Å². The van der Waals surface area contributed by atoms with Crippen LogP contribution in [0.15, 0.2) is 17.5 Å². The van der Waals surface area contributed by atoms with Crippen molar-refractivity contribution in [3.63, 3.8) is 0 Å². The molecule has 0 saturated carbocycles. The quantitative estimate of drug-likeness (QED) is 0.623. The number of hydrogen-bond acceptors (Lipinski definition) is 3. The van der Waals surface area contributed by atoms with E-state index in [2.05, 4.69) is 16.9 Å². The van der Waals surface area contributed by atoms with Gasteiger partial charge >= 0.3 is 0 Å². The van der Waals surface area contributed by atoms with E-state index in [-0.39, 0.29) is 5.91 Å². The Morgan fingerprint density at radius 2 is 2.54 bits per heavy atom. The van der Waals surface area contributed by atoms with E-state index in [0.717, 1.165) is 5.69 Å². The first-order valence-corrected chi connectivity index (χ1v) is 5.02. The minimum atomic E-state index is -0.213. The van der Waals surface area contributed by atoms with Gasteiger partial charge in [-0.3, -0.25) is 10.1 Å². The molecule has 0 aromatic carbocycles. The van der Waals surface area contributed by atoms with Gasteiger partial charge in [0.05, 0.1) is 11.6 Å². The lowest BCUT2D eigenvalue weighted by Gasteiger charge is -1.98. The number of carbonyl (C=O) groups is 1. The third-order valence-electron chi connectivity index (χ3n) is 1.30. The second-order valence-corrected chi connectivity index (χ2v) is 3.64. The van der Waals surface area contributed by atoms with E-state index in [1.54, 1.807) is 12.3 Å². The van der Waals surface area contributed by atoms with Gasteiger partial charge in [-0.25, -0.2) is 4.98 Å². The maximum Gasteiger partial charge on any atom is 0.252 e. The summed E-state index contributed by atoms with van der Waals surface area (Å²) in [5, 5.41) is 4.97. The van der Waals surface area contributed by atoms with Crippen molar-refractivity contribution in [3.05, 3.63) is 23.2 Å². The Hall–Kier alpha value is -0.870. The number of amides is 1. The summed E-state index contributed by atoms with van der Waals surface area (Å²) in [6.45, 7) is 5.16. The van der Waals surface area contributed by atoms with Gasteiger partial charge in [0.25, 0.3) is 5.91 Å². The minimum Gasteiger partial charge on any atom is -0.298 e. The lowest BCUT2D eigenvalue weighted by Crippen LogP contribution is -2.11. The van der Waals surface area contributed by atoms with Crippen LogP contribution in [0.5, 0.6) is 0 Å². The number of carbonyl (C=O) groups excluding carboxylic acids is 1. The Morgan fingerprint density at radius 3 is 3.00 bits per heavy atom. The Balaban J connectivity index is 2.64. The van der Waals surface area contributed by atoms with E-state index in [1.807, 2.05) is 0 Å². The summed E-state index contributed by atoms with van der Waals surface area (Å²) in [6.07, 6.45) is 0. The molecule has 70 valence electrons. The topological polar surface area (TPSA) is 42.0 Å². The highest BCUT2D eigenvalue weighted by Gasteiger charge is 2.05. The van der Waals surface area contributed by atoms with Crippen molar-refractivity contribution < 1.29 is 4.79 Å². The Morgan fingerprint density at radius 1 is 1.85 bits per heavy atom. The summed E-state index contributed by atoms with van der Waals surface area (Å²) in [7, 11) is 0. The van der Waals surface area contributed by atoms with Crippen LogP contribution in [0.3, 0.4) is 0 Å². The Bertz CT molecular complexity index is 335. The predicted molar refractivity (Wildman–Crippen MR) is 55.1 cm³/mol. The second kappa shape index (κ2) is 4.39. The first kappa shape index (κ1) is 10.2. The first-order chi connectivity index (χ1) is 6.13. The maximum atomic E-state index is 11.1. The van der Waals surface area contributed by atoms with Gasteiger partial charge < -0.3 is 0 Å². The minimum absolute atomic E-state index is 0.213. The normalized spacial score (nSPS) is 9.69. The summed E-state index contributed by atoms with van der Waals surface area (Å²) in [5.74, 6) is 0.148. The fraction of sp³-hybridized carbons (Fsp3) is 0.250. The standard InChI is InChI=1S/C8H9ClN2OS/c1-5(2)7(12)11-8-10-6(3-9)4-13-8/h4H,1,3H2,2H3,(H,10,11,12). The third kappa shape index (κ3) is 2.82. The second-order valence-electron chi connectivity index (χ2n) is 2.51. The van der Waals surface area contributed by atoms with Crippen molar-refractivity contribution in [2.75, 3.05) is 5.32 Å². The van der Waals surface area contributed by atoms with Crippen LogP contribution in [-0.4, -0.2) is 10.9 Å². The number of anilines is 1. The smallest absolute Gasteiger partial charge is 0.252 e. The fourth-order valence-electron chi connectivity index (χ4n) is 0.630. The molecular formula is C8H9ClN2OS. The summed E-state index contributed by atoms with van der Waals surface area (Å²) in [4.78, 5) is 15.2.